The Morgan fingerprint density at radius 2 is 1.84 bits per heavy atom. The first-order valence-electron chi connectivity index (χ1n) is 13.9. The molecular weight excluding hydrogens is 486 g/mol. The Bertz CT molecular complexity index is 1200. The molecule has 0 aromatic heterocycles. The first-order chi connectivity index (χ1) is 17.7. The molecule has 0 saturated heterocycles. The van der Waals surface area contributed by atoms with Crippen LogP contribution in [0.2, 0.25) is 0 Å². The summed E-state index contributed by atoms with van der Waals surface area (Å²) in [5.41, 5.74) is 3.88. The van der Waals surface area contributed by atoms with Crippen LogP contribution in [0.5, 0.6) is 11.5 Å². The molecule has 2 fully saturated rings. The van der Waals surface area contributed by atoms with Gasteiger partial charge in [-0.2, -0.15) is 0 Å². The van der Waals surface area contributed by atoms with Crippen molar-refractivity contribution in [3.05, 3.63) is 59.2 Å². The lowest BCUT2D eigenvalue weighted by Gasteiger charge is -2.54. The number of nitrogens with one attached hydrogen (secondary N) is 1. The molecule has 7 heteroatoms. The van der Waals surface area contributed by atoms with Crippen molar-refractivity contribution < 1.29 is 23.4 Å². The van der Waals surface area contributed by atoms with E-state index in [4.69, 9.17) is 4.74 Å². The summed E-state index contributed by atoms with van der Waals surface area (Å²) in [5, 5.41) is 21.2. The highest BCUT2D eigenvalue weighted by atomic mass is 32.2. The normalized spacial score (nSPS) is 30.8. The van der Waals surface area contributed by atoms with E-state index in [1.54, 1.807) is 0 Å². The Kier molecular flexibility index (Phi) is 7.58. The molecule has 2 aromatic rings. The van der Waals surface area contributed by atoms with Crippen LogP contribution in [0.4, 0.5) is 0 Å². The van der Waals surface area contributed by atoms with Crippen LogP contribution in [0.1, 0.15) is 80.4 Å². The number of phenols is 1. The number of rotatable bonds is 9. The molecule has 0 spiro atoms. The Balaban J connectivity index is 1.30. The highest BCUT2D eigenvalue weighted by molar-refractivity contribution is 7.89. The molecule has 0 heterocycles. The number of phenolic OH excluding ortho intramolecular Hbond substituents is 1. The zero-order valence-electron chi connectivity index (χ0n) is 22.0. The molecule has 3 N–H and O–H groups in total. The van der Waals surface area contributed by atoms with Gasteiger partial charge in [0, 0.05) is 0 Å². The molecule has 5 rings (SSSR count). The topological polar surface area (TPSA) is 95.9 Å². The number of fused-ring (bicyclic) bond motifs is 5. The zero-order valence-corrected chi connectivity index (χ0v) is 22.8. The quantitative estimate of drug-likeness (QED) is 0.394. The molecule has 6 atom stereocenters. The molecule has 37 heavy (non-hydrogen) atoms. The van der Waals surface area contributed by atoms with E-state index in [0.717, 1.165) is 50.7 Å². The maximum atomic E-state index is 11.5. The third-order valence-corrected chi connectivity index (χ3v) is 11.1. The van der Waals surface area contributed by atoms with Gasteiger partial charge >= 0.3 is 0 Å². The summed E-state index contributed by atoms with van der Waals surface area (Å²) in [7, 11) is -1.69. The van der Waals surface area contributed by atoms with Crippen molar-refractivity contribution in [2.75, 3.05) is 19.4 Å². The van der Waals surface area contributed by atoms with Crippen molar-refractivity contribution in [2.24, 2.45) is 17.3 Å². The van der Waals surface area contributed by atoms with Gasteiger partial charge < -0.3 is 14.9 Å². The van der Waals surface area contributed by atoms with E-state index in [0.29, 0.717) is 42.4 Å². The summed E-state index contributed by atoms with van der Waals surface area (Å²) in [6.07, 6.45) is 7.08. The second-order valence-corrected chi connectivity index (χ2v) is 13.7. The summed E-state index contributed by atoms with van der Waals surface area (Å²) >= 11 is 0. The van der Waals surface area contributed by atoms with E-state index in [1.165, 1.54) is 23.7 Å². The van der Waals surface area contributed by atoms with Crippen molar-refractivity contribution in [3.63, 3.8) is 0 Å². The molecule has 3 aliphatic carbocycles. The Labute approximate surface area is 221 Å². The van der Waals surface area contributed by atoms with Gasteiger partial charge in [0.2, 0.25) is 10.0 Å². The highest BCUT2D eigenvalue weighted by Gasteiger charge is 2.57. The minimum Gasteiger partial charge on any atom is -0.508 e. The Morgan fingerprint density at radius 1 is 1.05 bits per heavy atom. The van der Waals surface area contributed by atoms with E-state index < -0.39 is 10.0 Å². The van der Waals surface area contributed by atoms with Crippen LogP contribution in [0.3, 0.4) is 0 Å². The van der Waals surface area contributed by atoms with Gasteiger partial charge in [-0.25, -0.2) is 13.1 Å². The minimum atomic E-state index is -3.14. The molecular formula is C30H41NO5S. The number of aliphatic hydroxyl groups excluding tert-OH is 1. The van der Waals surface area contributed by atoms with Crippen LogP contribution in [0.15, 0.2) is 42.5 Å². The predicted molar refractivity (Wildman–Crippen MR) is 145 cm³/mol. The number of aromatic hydroxyl groups is 1. The lowest BCUT2D eigenvalue weighted by Crippen LogP contribution is -2.47. The van der Waals surface area contributed by atoms with Crippen molar-refractivity contribution in [1.29, 1.82) is 0 Å². The van der Waals surface area contributed by atoms with Crippen LogP contribution in [0, 0.1) is 17.3 Å². The van der Waals surface area contributed by atoms with Gasteiger partial charge in [0.25, 0.3) is 0 Å². The van der Waals surface area contributed by atoms with Gasteiger partial charge in [0.05, 0.1) is 18.5 Å². The fraction of sp³-hybridized carbons (Fsp3) is 0.600. The van der Waals surface area contributed by atoms with E-state index in [2.05, 4.69) is 42.0 Å². The lowest BCUT2D eigenvalue weighted by molar-refractivity contribution is -0.0323. The average Bonchev–Trinajstić information content (AvgIpc) is 3.19. The number of aliphatic hydroxyl groups is 1. The molecule has 0 bridgehead atoms. The standard InChI is InChI=1S/C30H41NO5S/c1-30-19-26(20-6-10-23(11-7-20)36-16-4-3-5-17-37(34,35)31-2)29-24-13-9-22(32)18-21(24)8-12-25(29)27(30)14-15-28(30)33/h6-7,9-11,13,18,25-29,31-33H,3-5,8,12,14-17,19H2,1-2H3/t25?,26-,27?,28+,29?,30+/m1/s1. The molecule has 0 amide bonds. The number of aryl methyl sites for hydroxylation is 1. The number of hydrogen-bond acceptors (Lipinski definition) is 5. The number of sulfonamides is 1. The maximum absolute atomic E-state index is 11.5. The molecule has 0 aliphatic heterocycles. The van der Waals surface area contributed by atoms with Gasteiger partial charge in [0.1, 0.15) is 11.5 Å². The Hall–Kier alpha value is -2.09. The fourth-order valence-corrected chi connectivity index (χ4v) is 8.46. The summed E-state index contributed by atoms with van der Waals surface area (Å²) < 4.78 is 31.3. The number of unbranched alkanes of at least 4 members (excludes halogenated alkanes) is 2. The molecule has 3 unspecified atom stereocenters. The van der Waals surface area contributed by atoms with Gasteiger partial charge in [-0.15, -0.1) is 0 Å². The van der Waals surface area contributed by atoms with E-state index in [1.807, 2.05) is 12.1 Å². The minimum absolute atomic E-state index is 0.0593. The van der Waals surface area contributed by atoms with Crippen LogP contribution >= 0.6 is 0 Å². The molecule has 2 aromatic carbocycles. The first-order valence-corrected chi connectivity index (χ1v) is 15.5. The van der Waals surface area contributed by atoms with Crippen LogP contribution in [0.25, 0.3) is 0 Å². The van der Waals surface area contributed by atoms with Crippen LogP contribution < -0.4 is 9.46 Å². The second-order valence-electron chi connectivity index (χ2n) is 11.6. The molecule has 2 saturated carbocycles. The monoisotopic (exact) mass is 527 g/mol. The second kappa shape index (κ2) is 10.6. The van der Waals surface area contributed by atoms with Gasteiger partial charge in [-0.1, -0.05) is 25.1 Å². The molecule has 3 aliphatic rings. The van der Waals surface area contributed by atoms with Crippen molar-refractivity contribution in [1.82, 2.24) is 4.72 Å². The van der Waals surface area contributed by atoms with Crippen LogP contribution in [-0.4, -0.2) is 44.1 Å². The summed E-state index contributed by atoms with van der Waals surface area (Å²) in [6, 6.07) is 14.4. The van der Waals surface area contributed by atoms with E-state index in [9.17, 15) is 18.6 Å². The van der Waals surface area contributed by atoms with Gasteiger partial charge in [-0.3, -0.25) is 0 Å². The Morgan fingerprint density at radius 3 is 2.59 bits per heavy atom. The number of ether oxygens (including phenoxy) is 1. The first kappa shape index (κ1) is 26.5. The maximum Gasteiger partial charge on any atom is 0.211 e. The summed E-state index contributed by atoms with van der Waals surface area (Å²) in [6.45, 7) is 2.88. The van der Waals surface area contributed by atoms with Crippen molar-refractivity contribution in [3.8, 4) is 11.5 Å². The molecule has 6 nitrogen and oxygen atoms in total. The summed E-state index contributed by atoms with van der Waals surface area (Å²) in [5.74, 6) is 3.11. The number of hydrogen-bond donors (Lipinski definition) is 3. The number of benzene rings is 2. The lowest BCUT2D eigenvalue weighted by atomic mass is 9.51. The summed E-state index contributed by atoms with van der Waals surface area (Å²) in [4.78, 5) is 0. The molecule has 0 radical (unpaired) electrons. The molecule has 202 valence electrons. The average molecular weight is 528 g/mol. The van der Waals surface area contributed by atoms with Crippen molar-refractivity contribution in [2.45, 2.75) is 76.2 Å². The van der Waals surface area contributed by atoms with Crippen molar-refractivity contribution >= 4 is 10.0 Å². The predicted octanol–water partition coefficient (Wildman–Crippen LogP) is 5.10. The van der Waals surface area contributed by atoms with Crippen LogP contribution in [-0.2, 0) is 16.4 Å². The smallest absolute Gasteiger partial charge is 0.211 e. The van der Waals surface area contributed by atoms with Gasteiger partial charge in [-0.05, 0) is 128 Å². The van der Waals surface area contributed by atoms with Gasteiger partial charge in [0.15, 0.2) is 0 Å². The third kappa shape index (κ3) is 5.27. The largest absolute Gasteiger partial charge is 0.508 e. The third-order valence-electron chi connectivity index (χ3n) is 9.61. The van der Waals surface area contributed by atoms with E-state index >= 15 is 0 Å². The fourth-order valence-electron chi connectivity index (χ4n) is 7.67. The zero-order chi connectivity index (χ0) is 26.2. The van der Waals surface area contributed by atoms with E-state index in [-0.39, 0.29) is 17.3 Å². The highest BCUT2D eigenvalue weighted by Crippen LogP contribution is 2.65. The SMILES string of the molecule is CNS(=O)(=O)CCCCCOc1ccc([C@H]2C[C@@]3(C)C(CC[C@@H]3O)C3CCc4cc(O)ccc4C32)cc1.